The number of rotatable bonds is 1. The van der Waals surface area contributed by atoms with Gasteiger partial charge >= 0.3 is 55.6 Å². The van der Waals surface area contributed by atoms with Gasteiger partial charge in [-0.25, -0.2) is 0 Å². The van der Waals surface area contributed by atoms with E-state index in [4.69, 9.17) is 0 Å². The van der Waals surface area contributed by atoms with Crippen molar-refractivity contribution in [2.75, 3.05) is 19.0 Å². The first-order valence-corrected chi connectivity index (χ1v) is 3.03. The molecule has 0 spiro atoms. The molecule has 0 aliphatic carbocycles. The maximum atomic E-state index is 2.08. The van der Waals surface area contributed by atoms with Crippen LogP contribution >= 0.6 is 0 Å². The number of nitrogens with zero attached hydrogens (tertiary/aromatic N) is 1. The van der Waals surface area contributed by atoms with Crippen molar-refractivity contribution in [3.05, 3.63) is 24.2 Å². The molecule has 1 rings (SSSR count). The zero-order valence-electron chi connectivity index (χ0n) is 5.83. The summed E-state index contributed by atoms with van der Waals surface area (Å²) in [6.45, 7) is 2.08. The Labute approximate surface area is 56.5 Å². The van der Waals surface area contributed by atoms with Gasteiger partial charge < -0.3 is 0 Å². The maximum absolute atomic E-state index is 2.08. The van der Waals surface area contributed by atoms with Crippen LogP contribution in [-0.2, 0) is 0 Å². The molecule has 0 aliphatic heterocycles. The average Bonchev–Trinajstić information content (AvgIpc) is 1.90. The first-order chi connectivity index (χ1) is 4.30. The molecule has 1 aromatic rings. The minimum absolute atomic E-state index is 1.25. The van der Waals surface area contributed by atoms with Gasteiger partial charge in [0.15, 0.2) is 0 Å². The fourth-order valence-electron chi connectivity index (χ4n) is 0.726. The van der Waals surface area contributed by atoms with Gasteiger partial charge in [0.25, 0.3) is 0 Å². The van der Waals surface area contributed by atoms with Gasteiger partial charge in [-0.15, -0.1) is 0 Å². The van der Waals surface area contributed by atoms with Crippen LogP contribution in [0.5, 0.6) is 0 Å². The van der Waals surface area contributed by atoms with Gasteiger partial charge in [-0.3, -0.25) is 0 Å². The summed E-state index contributed by atoms with van der Waals surface area (Å²) in [6, 6.07) is 6.14. The molecule has 0 saturated heterocycles. The van der Waals surface area contributed by atoms with Gasteiger partial charge in [-0.2, -0.15) is 0 Å². The second-order valence-electron chi connectivity index (χ2n) is 2.23. The van der Waals surface area contributed by atoms with E-state index < -0.39 is 0 Å². The summed E-state index contributed by atoms with van der Waals surface area (Å²) >= 11 is 0. The molecule has 0 N–H and O–H groups in total. The minimum atomic E-state index is 1.25. The molecule has 46 valence electrons. The quantitative estimate of drug-likeness (QED) is 0.534. The molecule has 0 saturated carbocycles. The third-order valence-corrected chi connectivity index (χ3v) is 1.27. The summed E-state index contributed by atoms with van der Waals surface area (Å²) in [4.78, 5) is 2.08. The van der Waals surface area contributed by atoms with E-state index in [2.05, 4.69) is 17.9 Å². The van der Waals surface area contributed by atoms with Crippen molar-refractivity contribution in [1.82, 2.24) is 0 Å². The number of hydrogen-bond acceptors (Lipinski definition) is 1. The Balaban J connectivity index is 2.85. The van der Waals surface area contributed by atoms with Gasteiger partial charge in [0, 0.05) is 0 Å². The van der Waals surface area contributed by atoms with Crippen molar-refractivity contribution in [3.63, 3.8) is 0 Å². The summed E-state index contributed by atoms with van der Waals surface area (Å²) in [5, 5.41) is 0. The summed E-state index contributed by atoms with van der Waals surface area (Å²) < 4.78 is 0. The van der Waals surface area contributed by atoms with Crippen LogP contribution in [-0.4, -0.2) is 21.0 Å². The topological polar surface area (TPSA) is 3.24 Å². The van der Waals surface area contributed by atoms with E-state index in [1.54, 1.807) is 0 Å². The van der Waals surface area contributed by atoms with Crippen LogP contribution < -0.4 is 4.90 Å². The Bertz CT molecular complexity index is 172. The van der Waals surface area contributed by atoms with Crippen molar-refractivity contribution in [2.45, 2.75) is 0 Å². The molecule has 2 heteroatoms. The number of anilines is 1. The normalized spacial score (nSPS) is 8.67. The molecule has 0 aliphatic rings. The van der Waals surface area contributed by atoms with Crippen molar-refractivity contribution in [2.24, 2.45) is 0 Å². The third kappa shape index (κ3) is 1.56. The Kier molecular flexibility index (Phi) is 1.88. The fourth-order valence-corrected chi connectivity index (χ4v) is 0.726. The first kappa shape index (κ1) is 6.34. The second kappa shape index (κ2) is 2.67. The van der Waals surface area contributed by atoms with E-state index >= 15 is 0 Å². The van der Waals surface area contributed by atoms with Gasteiger partial charge in [-0.1, -0.05) is 0 Å². The van der Waals surface area contributed by atoms with Crippen LogP contribution in [0.4, 0.5) is 5.58 Å². The van der Waals surface area contributed by atoms with Crippen LogP contribution in [0, 0.1) is 0 Å². The molecule has 0 aromatic carbocycles. The first-order valence-electron chi connectivity index (χ1n) is 3.03. The Hall–Kier alpha value is -0.785. The standard InChI is InChI=1S/C7H10BN/c1-9(2)7-5-3-4-6-8-7/h3-6H,1-2H3. The van der Waals surface area contributed by atoms with Crippen LogP contribution in [0.15, 0.2) is 24.2 Å². The molecule has 9 heavy (non-hydrogen) atoms. The average molecular weight is 119 g/mol. The SMILES string of the molecule is CN(C)c1bcccc1. The molecule has 0 radical (unpaired) electrons. The Morgan fingerprint density at radius 2 is 2.11 bits per heavy atom. The third-order valence-electron chi connectivity index (χ3n) is 1.27. The summed E-state index contributed by atoms with van der Waals surface area (Å²) in [5.74, 6) is 2.04. The summed E-state index contributed by atoms with van der Waals surface area (Å²) in [5.41, 5.74) is 1.25. The van der Waals surface area contributed by atoms with Crippen LogP contribution in [0.2, 0.25) is 0 Å². The van der Waals surface area contributed by atoms with Crippen molar-refractivity contribution >= 4 is 12.5 Å². The zero-order valence-corrected chi connectivity index (χ0v) is 5.83. The van der Waals surface area contributed by atoms with Crippen LogP contribution in [0.25, 0.3) is 0 Å². The van der Waals surface area contributed by atoms with Gasteiger partial charge in [0.05, 0.1) is 0 Å². The Morgan fingerprint density at radius 3 is 2.44 bits per heavy atom. The van der Waals surface area contributed by atoms with E-state index in [1.807, 2.05) is 32.2 Å². The van der Waals surface area contributed by atoms with E-state index in [-0.39, 0.29) is 0 Å². The summed E-state index contributed by atoms with van der Waals surface area (Å²) in [7, 11) is 4.07. The number of hydrogen-bond donors (Lipinski definition) is 0. The predicted octanol–water partition coefficient (Wildman–Crippen LogP) is 1.09. The molecule has 0 amide bonds. The van der Waals surface area contributed by atoms with E-state index in [0.717, 1.165) is 0 Å². The van der Waals surface area contributed by atoms with E-state index in [1.165, 1.54) is 5.58 Å². The van der Waals surface area contributed by atoms with Crippen molar-refractivity contribution in [3.8, 4) is 0 Å². The molecule has 0 bridgehead atoms. The second-order valence-corrected chi connectivity index (χ2v) is 2.23. The van der Waals surface area contributed by atoms with E-state index in [0.29, 0.717) is 0 Å². The molecule has 1 aromatic heterocycles. The monoisotopic (exact) mass is 119 g/mol. The van der Waals surface area contributed by atoms with Crippen LogP contribution in [0.3, 0.4) is 0 Å². The van der Waals surface area contributed by atoms with E-state index in [9.17, 15) is 0 Å². The molecular formula is C7H10BN. The van der Waals surface area contributed by atoms with Gasteiger partial charge in [-0.05, 0) is 0 Å². The predicted molar refractivity (Wildman–Crippen MR) is 42.1 cm³/mol. The van der Waals surface area contributed by atoms with Gasteiger partial charge in [0.1, 0.15) is 0 Å². The molecule has 1 nitrogen and oxygen atoms in total. The fraction of sp³-hybridized carbons (Fsp3) is 0.286. The molecule has 0 unspecified atom stereocenters. The molecule has 0 atom stereocenters. The molecule has 1 heterocycles. The van der Waals surface area contributed by atoms with Gasteiger partial charge in [0.2, 0.25) is 0 Å². The summed E-state index contributed by atoms with van der Waals surface area (Å²) in [6.07, 6.45) is 0. The zero-order chi connectivity index (χ0) is 6.69. The van der Waals surface area contributed by atoms with Crippen molar-refractivity contribution < 1.29 is 0 Å². The Morgan fingerprint density at radius 1 is 1.33 bits per heavy atom. The van der Waals surface area contributed by atoms with Crippen LogP contribution in [0.1, 0.15) is 0 Å². The molecule has 0 fully saturated rings. The van der Waals surface area contributed by atoms with Crippen molar-refractivity contribution in [1.29, 1.82) is 0 Å². The molecular weight excluding hydrogens is 109 g/mol.